The van der Waals surface area contributed by atoms with Crippen molar-refractivity contribution >= 4 is 23.0 Å². The lowest BCUT2D eigenvalue weighted by molar-refractivity contribution is 0.0941. The molecule has 0 saturated heterocycles. The molecule has 0 spiro atoms. The number of benzene rings is 1. The monoisotopic (exact) mass is 435 g/mol. The lowest BCUT2D eigenvalue weighted by Crippen LogP contribution is -2.28. The third kappa shape index (κ3) is 3.46. The van der Waals surface area contributed by atoms with E-state index >= 15 is 0 Å². The summed E-state index contributed by atoms with van der Waals surface area (Å²) in [6.07, 6.45) is 3.30. The zero-order chi connectivity index (χ0) is 22.9. The summed E-state index contributed by atoms with van der Waals surface area (Å²) in [4.78, 5) is 22.3. The van der Waals surface area contributed by atoms with Gasteiger partial charge in [-0.25, -0.2) is 14.5 Å². The summed E-state index contributed by atoms with van der Waals surface area (Å²) in [7, 11) is 0. The van der Waals surface area contributed by atoms with Crippen LogP contribution >= 0.6 is 0 Å². The van der Waals surface area contributed by atoms with Crippen molar-refractivity contribution in [2.75, 3.05) is 5.73 Å². The Bertz CT molecular complexity index is 1550. The predicted octanol–water partition coefficient (Wildman–Crippen LogP) is 3.49. The average Bonchev–Trinajstić information content (AvgIpc) is 3.38. The first-order chi connectivity index (χ1) is 16.1. The van der Waals surface area contributed by atoms with E-state index < -0.39 is 6.04 Å². The topological polar surface area (TPSA) is 103 Å². The van der Waals surface area contributed by atoms with Crippen LogP contribution in [0.4, 0.5) is 5.82 Å². The van der Waals surface area contributed by atoms with E-state index in [0.29, 0.717) is 5.65 Å². The van der Waals surface area contributed by atoms with E-state index in [0.717, 1.165) is 28.3 Å². The zero-order valence-electron chi connectivity index (χ0n) is 18.1. The zero-order valence-corrected chi connectivity index (χ0v) is 18.1. The molecule has 1 amide bonds. The highest BCUT2D eigenvalue weighted by Gasteiger charge is 2.25. The highest BCUT2D eigenvalue weighted by molar-refractivity contribution is 6.04. The lowest BCUT2D eigenvalue weighted by Gasteiger charge is -2.14. The van der Waals surface area contributed by atoms with Crippen LogP contribution in [0.2, 0.25) is 0 Å². The second-order valence-corrected chi connectivity index (χ2v) is 7.53. The number of carbonyl (C=O) groups excluding carboxylic acids is 1. The van der Waals surface area contributed by atoms with Gasteiger partial charge in [0.2, 0.25) is 0 Å². The number of anilines is 1. The maximum atomic E-state index is 13.2. The van der Waals surface area contributed by atoms with Crippen molar-refractivity contribution < 1.29 is 4.79 Å². The minimum Gasteiger partial charge on any atom is -0.381 e. The number of nitrogens with one attached hydrogen (secondary N) is 1. The molecule has 0 bridgehead atoms. The van der Waals surface area contributed by atoms with Crippen molar-refractivity contribution in [2.24, 2.45) is 0 Å². The number of hydrogen-bond acceptors (Lipinski definition) is 5. The van der Waals surface area contributed by atoms with Crippen LogP contribution in [0.5, 0.6) is 0 Å². The molecule has 0 fully saturated rings. The standard InChI is InChI=1S/C25H21N7O/c1-3-9-18-12-7-13-19-29-21(22(32(18)19)17-10-5-4-6-11-17)16(2)28-25(33)20-23(26)30-31-15-8-14-27-24(20)31/h4-8,10-16H,1-2H3,(H2,26,30)(H,28,33)/t16-/m0/s1. The van der Waals surface area contributed by atoms with Gasteiger partial charge in [0.1, 0.15) is 11.2 Å². The minimum atomic E-state index is -0.423. The molecule has 4 aromatic heterocycles. The number of pyridine rings is 1. The van der Waals surface area contributed by atoms with E-state index in [4.69, 9.17) is 10.7 Å². The van der Waals surface area contributed by atoms with Crippen LogP contribution in [-0.4, -0.2) is 29.9 Å². The summed E-state index contributed by atoms with van der Waals surface area (Å²) in [5.74, 6) is 5.88. The van der Waals surface area contributed by atoms with E-state index in [-0.39, 0.29) is 17.3 Å². The molecule has 8 heteroatoms. The fourth-order valence-corrected chi connectivity index (χ4v) is 3.97. The molecule has 5 aromatic rings. The van der Waals surface area contributed by atoms with Gasteiger partial charge in [-0.15, -0.1) is 5.10 Å². The van der Waals surface area contributed by atoms with E-state index in [9.17, 15) is 4.79 Å². The number of amides is 1. The third-order valence-electron chi connectivity index (χ3n) is 5.38. The molecule has 1 aromatic carbocycles. The first-order valence-corrected chi connectivity index (χ1v) is 10.5. The van der Waals surface area contributed by atoms with E-state index in [1.807, 2.05) is 59.9 Å². The van der Waals surface area contributed by atoms with Crippen molar-refractivity contribution in [3.63, 3.8) is 0 Å². The van der Waals surface area contributed by atoms with Gasteiger partial charge in [0.05, 0.1) is 23.1 Å². The highest BCUT2D eigenvalue weighted by atomic mass is 16.1. The number of nitrogens with two attached hydrogens (primary N) is 1. The van der Waals surface area contributed by atoms with Crippen LogP contribution in [0, 0.1) is 11.8 Å². The number of aromatic nitrogens is 5. The minimum absolute atomic E-state index is 0.122. The Balaban J connectivity index is 1.62. The number of imidazole rings is 1. The van der Waals surface area contributed by atoms with Crippen molar-refractivity contribution in [3.8, 4) is 23.1 Å². The molecule has 1 atom stereocenters. The molecule has 0 aliphatic carbocycles. The number of hydrogen-bond donors (Lipinski definition) is 2. The largest absolute Gasteiger partial charge is 0.381 e. The van der Waals surface area contributed by atoms with Crippen molar-refractivity contribution in [3.05, 3.63) is 83.9 Å². The SMILES string of the molecule is CC#Cc1cccc2nc([C@H](C)NC(=O)c3c(N)nn4cccnc34)c(-c3ccccc3)n12. The van der Waals surface area contributed by atoms with Gasteiger partial charge in [-0.2, -0.15) is 0 Å². The van der Waals surface area contributed by atoms with Gasteiger partial charge in [-0.05, 0) is 38.0 Å². The van der Waals surface area contributed by atoms with E-state index in [2.05, 4.69) is 27.2 Å². The highest BCUT2D eigenvalue weighted by Crippen LogP contribution is 2.31. The Labute approximate surface area is 190 Å². The van der Waals surface area contributed by atoms with Gasteiger partial charge in [-0.3, -0.25) is 9.20 Å². The molecule has 33 heavy (non-hydrogen) atoms. The van der Waals surface area contributed by atoms with Gasteiger partial charge in [0, 0.05) is 18.0 Å². The lowest BCUT2D eigenvalue weighted by atomic mass is 10.1. The van der Waals surface area contributed by atoms with Crippen molar-refractivity contribution in [1.29, 1.82) is 0 Å². The summed E-state index contributed by atoms with van der Waals surface area (Å²) < 4.78 is 3.51. The Kier molecular flexibility index (Phi) is 4.99. The summed E-state index contributed by atoms with van der Waals surface area (Å²) in [6.45, 7) is 3.70. The summed E-state index contributed by atoms with van der Waals surface area (Å²) in [5, 5.41) is 7.21. The smallest absolute Gasteiger partial charge is 0.259 e. The second-order valence-electron chi connectivity index (χ2n) is 7.53. The van der Waals surface area contributed by atoms with Crippen LogP contribution in [0.1, 0.15) is 41.6 Å². The van der Waals surface area contributed by atoms with Crippen LogP contribution < -0.4 is 11.1 Å². The molecule has 0 saturated carbocycles. The van der Waals surface area contributed by atoms with Crippen molar-refractivity contribution in [1.82, 2.24) is 29.3 Å². The molecule has 0 radical (unpaired) electrons. The Morgan fingerprint density at radius 1 is 1.12 bits per heavy atom. The first kappa shape index (κ1) is 20.3. The van der Waals surface area contributed by atoms with E-state index in [1.54, 1.807) is 25.4 Å². The number of rotatable bonds is 4. The Morgan fingerprint density at radius 2 is 1.94 bits per heavy atom. The fourth-order valence-electron chi connectivity index (χ4n) is 3.97. The van der Waals surface area contributed by atoms with E-state index in [1.165, 1.54) is 4.52 Å². The second kappa shape index (κ2) is 8.13. The number of nitrogens with zero attached hydrogens (tertiary/aromatic N) is 5. The molecule has 3 N–H and O–H groups in total. The molecular formula is C25H21N7O. The van der Waals surface area contributed by atoms with Gasteiger partial charge < -0.3 is 11.1 Å². The summed E-state index contributed by atoms with van der Waals surface area (Å²) >= 11 is 0. The molecule has 8 nitrogen and oxygen atoms in total. The normalized spacial score (nSPS) is 11.8. The van der Waals surface area contributed by atoms with Gasteiger partial charge in [0.15, 0.2) is 11.5 Å². The van der Waals surface area contributed by atoms with Gasteiger partial charge >= 0.3 is 0 Å². The molecule has 0 aliphatic heterocycles. The molecule has 0 unspecified atom stereocenters. The summed E-state index contributed by atoms with van der Waals surface area (Å²) in [6, 6.07) is 17.1. The average molecular weight is 435 g/mol. The first-order valence-electron chi connectivity index (χ1n) is 10.5. The molecule has 162 valence electrons. The Hall–Kier alpha value is -4.64. The third-order valence-corrected chi connectivity index (χ3v) is 5.38. The fraction of sp³-hybridized carbons (Fsp3) is 0.120. The maximum Gasteiger partial charge on any atom is 0.259 e. The van der Waals surface area contributed by atoms with Gasteiger partial charge in [-0.1, -0.05) is 42.3 Å². The summed E-state index contributed by atoms with van der Waals surface area (Å²) in [5.41, 5.74) is 10.8. The number of fused-ring (bicyclic) bond motifs is 2. The molecule has 4 heterocycles. The number of carbonyl (C=O) groups is 1. The molecular weight excluding hydrogens is 414 g/mol. The van der Waals surface area contributed by atoms with Crippen LogP contribution in [-0.2, 0) is 0 Å². The van der Waals surface area contributed by atoms with Crippen LogP contribution in [0.15, 0.2) is 67.0 Å². The number of nitrogen functional groups attached to an aromatic ring is 1. The quantitative estimate of drug-likeness (QED) is 0.421. The van der Waals surface area contributed by atoms with Crippen LogP contribution in [0.3, 0.4) is 0 Å². The Morgan fingerprint density at radius 3 is 2.73 bits per heavy atom. The van der Waals surface area contributed by atoms with Gasteiger partial charge in [0.25, 0.3) is 5.91 Å². The molecule has 5 rings (SSSR count). The van der Waals surface area contributed by atoms with Crippen LogP contribution in [0.25, 0.3) is 22.6 Å². The van der Waals surface area contributed by atoms with Crippen molar-refractivity contribution in [2.45, 2.75) is 19.9 Å². The molecule has 0 aliphatic rings. The maximum absolute atomic E-state index is 13.2. The predicted molar refractivity (Wildman–Crippen MR) is 126 cm³/mol.